The number of thiophene rings is 1. The maximum absolute atomic E-state index is 12.5. The van der Waals surface area contributed by atoms with Crippen molar-refractivity contribution in [2.75, 3.05) is 17.7 Å². The molecule has 0 spiro atoms. The van der Waals surface area contributed by atoms with Gasteiger partial charge in [-0.2, -0.15) is 0 Å². The molecule has 1 atom stereocenters. The van der Waals surface area contributed by atoms with Crippen molar-refractivity contribution in [2.45, 2.75) is 36.3 Å². The van der Waals surface area contributed by atoms with Crippen LogP contribution in [0.5, 0.6) is 0 Å². The predicted octanol–water partition coefficient (Wildman–Crippen LogP) is 3.93. The molecule has 27 heavy (non-hydrogen) atoms. The van der Waals surface area contributed by atoms with Gasteiger partial charge in [0.15, 0.2) is 0 Å². The summed E-state index contributed by atoms with van der Waals surface area (Å²) in [5.74, 6) is -0.986. The first kappa shape index (κ1) is 19.4. The number of carbonyl (C=O) groups is 3. The van der Waals surface area contributed by atoms with E-state index in [0.717, 1.165) is 28.3 Å². The van der Waals surface area contributed by atoms with Crippen LogP contribution in [0.2, 0.25) is 0 Å². The van der Waals surface area contributed by atoms with E-state index in [-0.39, 0.29) is 18.2 Å². The molecule has 2 heterocycles. The van der Waals surface area contributed by atoms with Gasteiger partial charge < -0.3 is 15.4 Å². The molecule has 0 unspecified atom stereocenters. The summed E-state index contributed by atoms with van der Waals surface area (Å²) in [7, 11) is 1.31. The minimum absolute atomic E-state index is 0.0203. The summed E-state index contributed by atoms with van der Waals surface area (Å²) in [6, 6.07) is 9.25. The van der Waals surface area contributed by atoms with Crippen molar-refractivity contribution in [1.29, 1.82) is 0 Å². The molecule has 142 valence electrons. The van der Waals surface area contributed by atoms with Gasteiger partial charge in [0.2, 0.25) is 11.8 Å². The van der Waals surface area contributed by atoms with Crippen molar-refractivity contribution in [2.24, 2.45) is 0 Å². The Labute approximate surface area is 165 Å². The van der Waals surface area contributed by atoms with Crippen molar-refractivity contribution < 1.29 is 19.1 Å². The number of hydrogen-bond acceptors (Lipinski definition) is 6. The highest BCUT2D eigenvalue weighted by Gasteiger charge is 2.29. The van der Waals surface area contributed by atoms with Crippen LogP contribution in [0.3, 0.4) is 0 Å². The first-order valence-corrected chi connectivity index (χ1v) is 10.3. The van der Waals surface area contributed by atoms with Crippen molar-refractivity contribution in [3.63, 3.8) is 0 Å². The first-order chi connectivity index (χ1) is 13.0. The quantitative estimate of drug-likeness (QED) is 0.713. The molecule has 0 bridgehead atoms. The number of amides is 2. The summed E-state index contributed by atoms with van der Waals surface area (Å²) in [5.41, 5.74) is 1.12. The smallest absolute Gasteiger partial charge is 0.340 e. The van der Waals surface area contributed by atoms with E-state index in [2.05, 4.69) is 10.6 Å². The molecule has 6 nitrogen and oxygen atoms in total. The monoisotopic (exact) mass is 404 g/mol. The largest absolute Gasteiger partial charge is 0.465 e. The van der Waals surface area contributed by atoms with Crippen molar-refractivity contribution in [1.82, 2.24) is 0 Å². The van der Waals surface area contributed by atoms with E-state index in [1.54, 1.807) is 6.07 Å². The Morgan fingerprint density at radius 2 is 2.07 bits per heavy atom. The van der Waals surface area contributed by atoms with E-state index >= 15 is 0 Å². The van der Waals surface area contributed by atoms with Crippen LogP contribution in [0.15, 0.2) is 35.2 Å². The molecule has 0 saturated carbocycles. The summed E-state index contributed by atoms with van der Waals surface area (Å²) in [6.07, 6.45) is 1.78. The van der Waals surface area contributed by atoms with Gasteiger partial charge in [0.1, 0.15) is 5.00 Å². The van der Waals surface area contributed by atoms with Gasteiger partial charge in [0, 0.05) is 16.2 Å². The molecule has 1 aromatic heterocycles. The van der Waals surface area contributed by atoms with Gasteiger partial charge in [-0.25, -0.2) is 4.79 Å². The molecule has 0 aliphatic carbocycles. The fourth-order valence-electron chi connectivity index (χ4n) is 2.74. The number of nitrogens with one attached hydrogen (secondary N) is 2. The van der Waals surface area contributed by atoms with Crippen molar-refractivity contribution in [3.05, 3.63) is 40.8 Å². The zero-order valence-electron chi connectivity index (χ0n) is 15.0. The van der Waals surface area contributed by atoms with E-state index in [1.165, 1.54) is 30.2 Å². The zero-order valence-corrected chi connectivity index (χ0v) is 16.7. The van der Waals surface area contributed by atoms with Crippen LogP contribution in [0.1, 0.15) is 35.0 Å². The third kappa shape index (κ3) is 4.51. The van der Waals surface area contributed by atoms with Crippen LogP contribution in [-0.2, 0) is 20.7 Å². The average Bonchev–Trinajstić information content (AvgIpc) is 3.04. The predicted molar refractivity (Wildman–Crippen MR) is 108 cm³/mol. The van der Waals surface area contributed by atoms with Crippen molar-refractivity contribution in [3.8, 4) is 0 Å². The van der Waals surface area contributed by atoms with E-state index in [1.807, 2.05) is 31.2 Å². The second-order valence-electron chi connectivity index (χ2n) is 6.04. The Balaban J connectivity index is 1.71. The van der Waals surface area contributed by atoms with Gasteiger partial charge in [-0.05, 0) is 24.6 Å². The Morgan fingerprint density at radius 1 is 1.30 bits per heavy atom. The Hall–Kier alpha value is -2.32. The highest BCUT2D eigenvalue weighted by Crippen LogP contribution is 2.37. The average molecular weight is 405 g/mol. The number of anilines is 2. The summed E-state index contributed by atoms with van der Waals surface area (Å²) in [4.78, 5) is 38.7. The first-order valence-electron chi connectivity index (χ1n) is 8.59. The van der Waals surface area contributed by atoms with Gasteiger partial charge >= 0.3 is 5.97 Å². The highest BCUT2D eigenvalue weighted by atomic mass is 32.2. The number of fused-ring (bicyclic) bond motifs is 1. The lowest BCUT2D eigenvalue weighted by atomic mass is 10.2. The molecule has 0 fully saturated rings. The standard InChI is InChI=1S/C19H20N2O4S2/c1-3-6-11-9-12(19(24)25-2)18(26-11)21-16(22)10-15-17(23)20-13-7-4-5-8-14(13)27-15/h4-5,7-9,15H,3,6,10H2,1-2H3,(H,20,23)(H,21,22)/t15-/m1/s1. The molecule has 1 aliphatic heterocycles. The molecule has 1 aromatic carbocycles. The molecule has 1 aliphatic rings. The van der Waals surface area contributed by atoms with E-state index < -0.39 is 11.2 Å². The van der Waals surface area contributed by atoms with E-state index in [4.69, 9.17) is 4.74 Å². The van der Waals surface area contributed by atoms with Crippen LogP contribution in [0, 0.1) is 0 Å². The fourth-order valence-corrected chi connectivity index (χ4v) is 5.01. The minimum Gasteiger partial charge on any atom is -0.465 e. The highest BCUT2D eigenvalue weighted by molar-refractivity contribution is 8.01. The number of esters is 1. The molecule has 3 rings (SSSR count). The molecule has 8 heteroatoms. The van der Waals surface area contributed by atoms with Crippen LogP contribution < -0.4 is 10.6 Å². The van der Waals surface area contributed by atoms with Gasteiger partial charge in [-0.1, -0.05) is 25.5 Å². The van der Waals surface area contributed by atoms with Gasteiger partial charge in [-0.15, -0.1) is 23.1 Å². The normalized spacial score (nSPS) is 15.6. The number of ether oxygens (including phenoxy) is 1. The molecule has 2 amide bonds. The summed E-state index contributed by atoms with van der Waals surface area (Å²) in [5, 5.41) is 5.56. The lowest BCUT2D eigenvalue weighted by molar-refractivity contribution is -0.120. The van der Waals surface area contributed by atoms with E-state index in [0.29, 0.717) is 10.6 Å². The summed E-state index contributed by atoms with van der Waals surface area (Å²) in [6.45, 7) is 2.05. The number of thioether (sulfide) groups is 1. The second kappa shape index (κ2) is 8.58. The number of para-hydroxylation sites is 1. The fraction of sp³-hybridized carbons (Fsp3) is 0.316. The molecule has 2 N–H and O–H groups in total. The lowest BCUT2D eigenvalue weighted by Gasteiger charge is -2.23. The van der Waals surface area contributed by atoms with E-state index in [9.17, 15) is 14.4 Å². The van der Waals surface area contributed by atoms with Gasteiger partial charge in [-0.3, -0.25) is 9.59 Å². The zero-order chi connectivity index (χ0) is 19.4. The molecule has 0 saturated heterocycles. The number of aryl methyl sites for hydroxylation is 1. The second-order valence-corrected chi connectivity index (χ2v) is 8.42. The SMILES string of the molecule is CCCc1cc(C(=O)OC)c(NC(=O)C[C@H]2Sc3ccccc3NC2=O)s1. The van der Waals surface area contributed by atoms with Crippen LogP contribution in [0.4, 0.5) is 10.7 Å². The number of benzene rings is 1. The lowest BCUT2D eigenvalue weighted by Crippen LogP contribution is -2.32. The maximum atomic E-state index is 12.5. The number of rotatable bonds is 6. The van der Waals surface area contributed by atoms with Crippen LogP contribution in [0.25, 0.3) is 0 Å². The Morgan fingerprint density at radius 3 is 2.81 bits per heavy atom. The summed E-state index contributed by atoms with van der Waals surface area (Å²) >= 11 is 2.74. The molecular formula is C19H20N2O4S2. The van der Waals surface area contributed by atoms with Crippen LogP contribution in [-0.4, -0.2) is 30.1 Å². The minimum atomic E-state index is -0.517. The maximum Gasteiger partial charge on any atom is 0.340 e. The van der Waals surface area contributed by atoms with Crippen LogP contribution >= 0.6 is 23.1 Å². The molecular weight excluding hydrogens is 384 g/mol. The number of hydrogen-bond donors (Lipinski definition) is 2. The number of methoxy groups -OCH3 is 1. The molecule has 0 radical (unpaired) electrons. The number of carbonyl (C=O) groups excluding carboxylic acids is 3. The third-order valence-corrected chi connectivity index (χ3v) is 6.40. The Kier molecular flexibility index (Phi) is 6.18. The topological polar surface area (TPSA) is 84.5 Å². The van der Waals surface area contributed by atoms with Gasteiger partial charge in [0.05, 0.1) is 23.6 Å². The Bertz CT molecular complexity index is 878. The molecule has 2 aromatic rings. The third-order valence-electron chi connectivity index (χ3n) is 4.02. The summed E-state index contributed by atoms with van der Waals surface area (Å²) < 4.78 is 4.80. The van der Waals surface area contributed by atoms with Gasteiger partial charge in [0.25, 0.3) is 0 Å². The van der Waals surface area contributed by atoms with Crippen molar-refractivity contribution >= 4 is 51.6 Å².